The number of rotatable bonds is 5. The average molecular weight is 316 g/mol. The number of piperidine rings is 1. The second-order valence-corrected chi connectivity index (χ2v) is 6.20. The van der Waals surface area contributed by atoms with Crippen LogP contribution in [0, 0.1) is 0 Å². The van der Waals surface area contributed by atoms with E-state index in [0.29, 0.717) is 17.7 Å². The van der Waals surface area contributed by atoms with E-state index < -0.39 is 0 Å². The molecule has 1 N–H and O–H groups in total. The lowest BCUT2D eigenvalue weighted by atomic mass is 10.0. The van der Waals surface area contributed by atoms with Gasteiger partial charge >= 0.3 is 0 Å². The van der Waals surface area contributed by atoms with Crippen LogP contribution in [0.1, 0.15) is 25.7 Å². The highest BCUT2D eigenvalue weighted by molar-refractivity contribution is 6.32. The van der Waals surface area contributed by atoms with Gasteiger partial charge in [-0.25, -0.2) is 0 Å². The Kier molecular flexibility index (Phi) is 5.36. The molecule has 0 saturated carbocycles. The van der Waals surface area contributed by atoms with E-state index in [1.807, 2.05) is 30.3 Å². The Labute approximate surface area is 137 Å². The maximum absolute atomic E-state index is 6.36. The second kappa shape index (κ2) is 7.66. The standard InChI is InChI=1S/C19H22ClNO/c20-18-14-16(15-6-2-1-3-7-15)9-10-19(18)22-13-11-17-8-4-5-12-21-17/h1-3,6-7,9-10,14,17,21H,4-5,8,11-13H2. The summed E-state index contributed by atoms with van der Waals surface area (Å²) < 4.78 is 5.86. The fourth-order valence-corrected chi connectivity index (χ4v) is 3.14. The van der Waals surface area contributed by atoms with Gasteiger partial charge in [0.1, 0.15) is 5.75 Å². The first-order chi connectivity index (χ1) is 10.8. The Bertz CT molecular complexity index is 594. The largest absolute Gasteiger partial charge is 0.492 e. The number of halogens is 1. The van der Waals surface area contributed by atoms with Gasteiger partial charge in [0.25, 0.3) is 0 Å². The van der Waals surface area contributed by atoms with Crippen LogP contribution in [0.15, 0.2) is 48.5 Å². The van der Waals surface area contributed by atoms with E-state index in [0.717, 1.165) is 24.3 Å². The van der Waals surface area contributed by atoms with Crippen LogP contribution in [0.25, 0.3) is 11.1 Å². The van der Waals surface area contributed by atoms with E-state index in [4.69, 9.17) is 16.3 Å². The van der Waals surface area contributed by atoms with Crippen molar-refractivity contribution in [3.8, 4) is 16.9 Å². The van der Waals surface area contributed by atoms with Crippen molar-refractivity contribution in [2.45, 2.75) is 31.7 Å². The maximum atomic E-state index is 6.36. The van der Waals surface area contributed by atoms with Crippen LogP contribution < -0.4 is 10.1 Å². The molecule has 1 fully saturated rings. The second-order valence-electron chi connectivity index (χ2n) is 5.80. The van der Waals surface area contributed by atoms with E-state index in [2.05, 4.69) is 23.5 Å². The summed E-state index contributed by atoms with van der Waals surface area (Å²) in [6.45, 7) is 1.85. The molecule has 2 nitrogen and oxygen atoms in total. The van der Waals surface area contributed by atoms with Gasteiger partial charge in [0.05, 0.1) is 11.6 Å². The van der Waals surface area contributed by atoms with Crippen LogP contribution in [0.4, 0.5) is 0 Å². The molecular weight excluding hydrogens is 294 g/mol. The quantitative estimate of drug-likeness (QED) is 0.845. The van der Waals surface area contributed by atoms with Gasteiger partial charge in [-0.15, -0.1) is 0 Å². The van der Waals surface area contributed by atoms with Gasteiger partial charge in [0.15, 0.2) is 0 Å². The molecule has 2 aromatic rings. The average Bonchev–Trinajstić information content (AvgIpc) is 2.58. The summed E-state index contributed by atoms with van der Waals surface area (Å²) in [6.07, 6.45) is 4.91. The van der Waals surface area contributed by atoms with Gasteiger partial charge in [-0.2, -0.15) is 0 Å². The molecule has 1 aliphatic heterocycles. The highest BCUT2D eigenvalue weighted by atomic mass is 35.5. The molecule has 0 aromatic heterocycles. The Morgan fingerprint density at radius 1 is 1.05 bits per heavy atom. The molecule has 1 heterocycles. The van der Waals surface area contributed by atoms with Crippen LogP contribution in [-0.2, 0) is 0 Å². The number of ether oxygens (including phenoxy) is 1. The Balaban J connectivity index is 1.58. The van der Waals surface area contributed by atoms with Crippen molar-refractivity contribution in [1.82, 2.24) is 5.32 Å². The fourth-order valence-electron chi connectivity index (χ4n) is 2.91. The van der Waals surface area contributed by atoms with E-state index in [1.54, 1.807) is 0 Å². The van der Waals surface area contributed by atoms with Gasteiger partial charge in [0, 0.05) is 6.04 Å². The maximum Gasteiger partial charge on any atom is 0.137 e. The van der Waals surface area contributed by atoms with Crippen LogP contribution in [-0.4, -0.2) is 19.2 Å². The van der Waals surface area contributed by atoms with Gasteiger partial charge in [-0.05, 0) is 49.1 Å². The third kappa shape index (κ3) is 4.02. The summed E-state index contributed by atoms with van der Waals surface area (Å²) in [7, 11) is 0. The van der Waals surface area contributed by atoms with E-state index in [9.17, 15) is 0 Å². The summed E-state index contributed by atoms with van der Waals surface area (Å²) >= 11 is 6.36. The van der Waals surface area contributed by atoms with E-state index in [-0.39, 0.29) is 0 Å². The third-order valence-electron chi connectivity index (χ3n) is 4.18. The molecule has 0 aliphatic carbocycles. The summed E-state index contributed by atoms with van der Waals surface area (Å²) in [5.74, 6) is 0.775. The molecule has 1 unspecified atom stereocenters. The predicted octanol–water partition coefficient (Wildman–Crippen LogP) is 4.92. The highest BCUT2D eigenvalue weighted by Gasteiger charge is 2.12. The monoisotopic (exact) mass is 315 g/mol. The molecular formula is C19H22ClNO. The van der Waals surface area contributed by atoms with E-state index >= 15 is 0 Å². The lowest BCUT2D eigenvalue weighted by Gasteiger charge is -2.23. The minimum absolute atomic E-state index is 0.594. The van der Waals surface area contributed by atoms with Crippen molar-refractivity contribution < 1.29 is 4.74 Å². The van der Waals surface area contributed by atoms with Crippen molar-refractivity contribution in [2.24, 2.45) is 0 Å². The predicted molar refractivity (Wildman–Crippen MR) is 92.6 cm³/mol. The summed E-state index contributed by atoms with van der Waals surface area (Å²) in [5, 5.41) is 4.22. The summed E-state index contributed by atoms with van der Waals surface area (Å²) in [6, 6.07) is 16.9. The first kappa shape index (κ1) is 15.4. The lowest BCUT2D eigenvalue weighted by molar-refractivity contribution is 0.268. The Morgan fingerprint density at radius 3 is 2.64 bits per heavy atom. The van der Waals surface area contributed by atoms with Gasteiger partial charge in [-0.1, -0.05) is 54.4 Å². The molecule has 2 aromatic carbocycles. The molecule has 0 radical (unpaired) electrons. The number of nitrogens with one attached hydrogen (secondary N) is 1. The minimum atomic E-state index is 0.594. The van der Waals surface area contributed by atoms with Crippen molar-refractivity contribution in [3.63, 3.8) is 0 Å². The van der Waals surface area contributed by atoms with Crippen LogP contribution in [0.2, 0.25) is 5.02 Å². The number of hydrogen-bond donors (Lipinski definition) is 1. The molecule has 1 atom stereocenters. The number of hydrogen-bond acceptors (Lipinski definition) is 2. The zero-order valence-electron chi connectivity index (χ0n) is 12.7. The van der Waals surface area contributed by atoms with Gasteiger partial charge < -0.3 is 10.1 Å². The molecule has 3 heteroatoms. The molecule has 1 saturated heterocycles. The fraction of sp³-hybridized carbons (Fsp3) is 0.368. The third-order valence-corrected chi connectivity index (χ3v) is 4.47. The zero-order valence-corrected chi connectivity index (χ0v) is 13.5. The number of benzene rings is 2. The summed E-state index contributed by atoms with van der Waals surface area (Å²) in [4.78, 5) is 0. The first-order valence-electron chi connectivity index (χ1n) is 8.04. The van der Waals surface area contributed by atoms with Gasteiger partial charge in [-0.3, -0.25) is 0 Å². The van der Waals surface area contributed by atoms with E-state index in [1.165, 1.54) is 24.8 Å². The van der Waals surface area contributed by atoms with Crippen molar-refractivity contribution in [3.05, 3.63) is 53.6 Å². The highest BCUT2D eigenvalue weighted by Crippen LogP contribution is 2.30. The van der Waals surface area contributed by atoms with Crippen LogP contribution in [0.5, 0.6) is 5.75 Å². The molecule has 116 valence electrons. The summed E-state index contributed by atoms with van der Waals surface area (Å²) in [5.41, 5.74) is 2.29. The topological polar surface area (TPSA) is 21.3 Å². The van der Waals surface area contributed by atoms with Crippen LogP contribution in [0.3, 0.4) is 0 Å². The Morgan fingerprint density at radius 2 is 1.91 bits per heavy atom. The van der Waals surface area contributed by atoms with Gasteiger partial charge in [0.2, 0.25) is 0 Å². The molecule has 0 amide bonds. The van der Waals surface area contributed by atoms with Crippen molar-refractivity contribution >= 4 is 11.6 Å². The molecule has 22 heavy (non-hydrogen) atoms. The smallest absolute Gasteiger partial charge is 0.137 e. The lowest BCUT2D eigenvalue weighted by Crippen LogP contribution is -2.35. The SMILES string of the molecule is Clc1cc(-c2ccccc2)ccc1OCCC1CCCCN1. The van der Waals surface area contributed by atoms with Crippen molar-refractivity contribution in [2.75, 3.05) is 13.2 Å². The first-order valence-corrected chi connectivity index (χ1v) is 8.42. The molecule has 0 spiro atoms. The molecule has 3 rings (SSSR count). The Hall–Kier alpha value is -1.51. The minimum Gasteiger partial charge on any atom is -0.492 e. The normalized spacial score (nSPS) is 18.1. The van der Waals surface area contributed by atoms with Crippen LogP contribution >= 0.6 is 11.6 Å². The molecule has 0 bridgehead atoms. The zero-order chi connectivity index (χ0) is 15.2. The van der Waals surface area contributed by atoms with Crippen molar-refractivity contribution in [1.29, 1.82) is 0 Å². The molecule has 1 aliphatic rings.